The molecule has 2 atom stereocenters. The maximum Gasteiger partial charge on any atom is 0.324 e. The minimum Gasteiger partial charge on any atom is -0.480 e. The van der Waals surface area contributed by atoms with E-state index in [2.05, 4.69) is 0 Å². The van der Waals surface area contributed by atoms with Crippen LogP contribution in [0.15, 0.2) is 30.3 Å². The molecule has 0 aliphatic heterocycles. The predicted molar refractivity (Wildman–Crippen MR) is 72.3 cm³/mol. The quantitative estimate of drug-likeness (QED) is 0.826. The van der Waals surface area contributed by atoms with Gasteiger partial charge in [0.2, 0.25) is 5.91 Å². The lowest BCUT2D eigenvalue weighted by molar-refractivity contribution is -0.140. The number of rotatable bonds is 6. The molecular weight excluding hydrogens is 250 g/mol. The van der Waals surface area contributed by atoms with Crippen LogP contribution in [0.1, 0.15) is 25.8 Å². The second-order valence-corrected chi connectivity index (χ2v) is 5.65. The highest BCUT2D eigenvalue weighted by Gasteiger charge is 2.41. The summed E-state index contributed by atoms with van der Waals surface area (Å²) in [6.07, 6.45) is 0.384. The van der Waals surface area contributed by atoms with E-state index in [1.807, 2.05) is 6.07 Å². The highest BCUT2D eigenvalue weighted by molar-refractivity contribution is 8.02. The van der Waals surface area contributed by atoms with Crippen LogP contribution in [0, 0.1) is 0 Å². The SMILES string of the molecule is CC[C@@](S[C@H](C)C(N)=O)(C(=O)O)c1ccccc1. The highest BCUT2D eigenvalue weighted by Crippen LogP contribution is 2.42. The minimum atomic E-state index is -1.13. The molecule has 1 amide bonds. The zero-order valence-corrected chi connectivity index (χ0v) is 11.2. The maximum atomic E-state index is 11.6. The first-order chi connectivity index (χ1) is 8.44. The summed E-state index contributed by atoms with van der Waals surface area (Å²) in [5, 5.41) is 8.98. The topological polar surface area (TPSA) is 80.4 Å². The lowest BCUT2D eigenvalue weighted by atomic mass is 9.95. The third kappa shape index (κ3) is 2.85. The summed E-state index contributed by atoms with van der Waals surface area (Å²) in [5.74, 6) is -1.45. The molecule has 0 aliphatic carbocycles. The zero-order valence-electron chi connectivity index (χ0n) is 10.4. The van der Waals surface area contributed by atoms with E-state index in [0.29, 0.717) is 12.0 Å². The molecule has 0 radical (unpaired) electrons. The van der Waals surface area contributed by atoms with Crippen LogP contribution >= 0.6 is 11.8 Å². The van der Waals surface area contributed by atoms with Crippen LogP contribution in [0.5, 0.6) is 0 Å². The van der Waals surface area contributed by atoms with Crippen molar-refractivity contribution >= 4 is 23.6 Å². The van der Waals surface area contributed by atoms with E-state index in [0.717, 1.165) is 11.8 Å². The van der Waals surface area contributed by atoms with Crippen molar-refractivity contribution in [3.63, 3.8) is 0 Å². The number of aliphatic carboxylic acids is 1. The molecule has 0 aliphatic rings. The fourth-order valence-corrected chi connectivity index (χ4v) is 3.01. The van der Waals surface area contributed by atoms with Crippen molar-refractivity contribution in [1.29, 1.82) is 0 Å². The fourth-order valence-electron chi connectivity index (χ4n) is 1.75. The molecule has 0 heterocycles. The molecule has 0 bridgehead atoms. The molecule has 0 unspecified atom stereocenters. The number of thioether (sulfide) groups is 1. The van der Waals surface area contributed by atoms with E-state index in [9.17, 15) is 14.7 Å². The molecule has 0 spiro atoms. The molecule has 0 aromatic heterocycles. The molecule has 1 rings (SSSR count). The van der Waals surface area contributed by atoms with Crippen LogP contribution < -0.4 is 5.73 Å². The van der Waals surface area contributed by atoms with Crippen LogP contribution in [0.4, 0.5) is 0 Å². The van der Waals surface area contributed by atoms with Gasteiger partial charge in [-0.25, -0.2) is 0 Å². The van der Waals surface area contributed by atoms with E-state index < -0.39 is 21.9 Å². The van der Waals surface area contributed by atoms with Crippen LogP contribution in [0.3, 0.4) is 0 Å². The van der Waals surface area contributed by atoms with Crippen molar-refractivity contribution in [1.82, 2.24) is 0 Å². The van der Waals surface area contributed by atoms with Crippen LogP contribution in [-0.4, -0.2) is 22.2 Å². The highest BCUT2D eigenvalue weighted by atomic mass is 32.2. The Balaban J connectivity index is 3.18. The number of carboxylic acids is 1. The van der Waals surface area contributed by atoms with Crippen molar-refractivity contribution in [2.24, 2.45) is 5.73 Å². The monoisotopic (exact) mass is 267 g/mol. The first-order valence-electron chi connectivity index (χ1n) is 5.70. The summed E-state index contributed by atoms with van der Waals surface area (Å²) in [7, 11) is 0. The van der Waals surface area contributed by atoms with Gasteiger partial charge in [-0.15, -0.1) is 11.8 Å². The minimum absolute atomic E-state index is 0.384. The van der Waals surface area contributed by atoms with E-state index in [1.54, 1.807) is 38.1 Å². The molecule has 1 aromatic rings. The average Bonchev–Trinajstić information content (AvgIpc) is 2.36. The van der Waals surface area contributed by atoms with Gasteiger partial charge >= 0.3 is 5.97 Å². The molecule has 0 fully saturated rings. The molecule has 1 aromatic carbocycles. The van der Waals surface area contributed by atoms with Gasteiger partial charge in [-0.1, -0.05) is 37.3 Å². The fraction of sp³-hybridized carbons (Fsp3) is 0.385. The van der Waals surface area contributed by atoms with Crippen LogP contribution in [-0.2, 0) is 14.3 Å². The van der Waals surface area contributed by atoms with E-state index >= 15 is 0 Å². The summed E-state index contributed by atoms with van der Waals surface area (Å²) in [4.78, 5) is 22.8. The number of carbonyl (C=O) groups excluding carboxylic acids is 1. The van der Waals surface area contributed by atoms with Crippen molar-refractivity contribution in [3.05, 3.63) is 35.9 Å². The molecule has 3 N–H and O–H groups in total. The Morgan fingerprint density at radius 2 is 1.94 bits per heavy atom. The molecule has 18 heavy (non-hydrogen) atoms. The van der Waals surface area contributed by atoms with Gasteiger partial charge < -0.3 is 10.8 Å². The Labute approximate surface area is 111 Å². The van der Waals surface area contributed by atoms with Crippen molar-refractivity contribution < 1.29 is 14.7 Å². The summed E-state index contributed by atoms with van der Waals surface area (Å²) < 4.78 is -1.13. The first-order valence-corrected chi connectivity index (χ1v) is 6.58. The third-order valence-corrected chi connectivity index (χ3v) is 4.55. The lowest BCUT2D eigenvalue weighted by Gasteiger charge is -2.30. The van der Waals surface area contributed by atoms with Gasteiger partial charge in [-0.05, 0) is 18.9 Å². The molecule has 4 nitrogen and oxygen atoms in total. The molecule has 0 saturated heterocycles. The number of carbonyl (C=O) groups is 2. The number of hydrogen-bond donors (Lipinski definition) is 2. The molecular formula is C13H17NO3S. The van der Waals surface area contributed by atoms with Gasteiger partial charge in [0.15, 0.2) is 0 Å². The first kappa shape index (κ1) is 14.6. The Morgan fingerprint density at radius 3 is 2.33 bits per heavy atom. The van der Waals surface area contributed by atoms with Gasteiger partial charge in [-0.2, -0.15) is 0 Å². The number of hydrogen-bond acceptors (Lipinski definition) is 3. The number of amides is 1. The second kappa shape index (κ2) is 5.91. The maximum absolute atomic E-state index is 11.6. The van der Waals surface area contributed by atoms with E-state index in [-0.39, 0.29) is 0 Å². The van der Waals surface area contributed by atoms with Crippen molar-refractivity contribution in [2.75, 3.05) is 0 Å². The number of carboxylic acid groups (broad SMARTS) is 1. The molecule has 0 saturated carbocycles. The average molecular weight is 267 g/mol. The summed E-state index contributed by atoms with van der Waals surface area (Å²) >= 11 is 1.09. The smallest absolute Gasteiger partial charge is 0.324 e. The summed E-state index contributed by atoms with van der Waals surface area (Å²) in [6.45, 7) is 3.42. The van der Waals surface area contributed by atoms with Crippen LogP contribution in [0.2, 0.25) is 0 Å². The predicted octanol–water partition coefficient (Wildman–Crippen LogP) is 1.98. The summed E-state index contributed by atoms with van der Waals surface area (Å²) in [5.41, 5.74) is 5.90. The van der Waals surface area contributed by atoms with Gasteiger partial charge in [-0.3, -0.25) is 9.59 Å². The van der Waals surface area contributed by atoms with E-state index in [4.69, 9.17) is 5.73 Å². The van der Waals surface area contributed by atoms with Crippen molar-refractivity contribution in [2.45, 2.75) is 30.3 Å². The lowest BCUT2D eigenvalue weighted by Crippen LogP contribution is -2.36. The number of primary amides is 1. The van der Waals surface area contributed by atoms with Crippen LogP contribution in [0.25, 0.3) is 0 Å². The van der Waals surface area contributed by atoms with Gasteiger partial charge in [0.05, 0.1) is 5.25 Å². The summed E-state index contributed by atoms with van der Waals surface area (Å²) in [6, 6.07) is 8.93. The second-order valence-electron chi connectivity index (χ2n) is 4.01. The Hall–Kier alpha value is -1.49. The Kier molecular flexibility index (Phi) is 4.78. The van der Waals surface area contributed by atoms with Gasteiger partial charge in [0, 0.05) is 0 Å². The Morgan fingerprint density at radius 1 is 1.39 bits per heavy atom. The Bertz CT molecular complexity index is 435. The standard InChI is InChI=1S/C13H17NO3S/c1-3-13(12(16)17,18-9(2)11(14)15)10-7-5-4-6-8-10/h4-9H,3H2,1-2H3,(H2,14,15)(H,16,17)/t9-,13+/m1/s1. The zero-order chi connectivity index (χ0) is 13.8. The van der Waals surface area contributed by atoms with Crippen molar-refractivity contribution in [3.8, 4) is 0 Å². The molecule has 98 valence electrons. The normalized spacial score (nSPS) is 15.7. The molecule has 5 heteroatoms. The van der Waals surface area contributed by atoms with Gasteiger partial charge in [0.1, 0.15) is 4.75 Å². The third-order valence-electron chi connectivity index (χ3n) is 2.86. The number of benzene rings is 1. The number of nitrogens with two attached hydrogens (primary N) is 1. The van der Waals surface area contributed by atoms with E-state index in [1.165, 1.54) is 0 Å². The van der Waals surface area contributed by atoms with Gasteiger partial charge in [0.25, 0.3) is 0 Å². The largest absolute Gasteiger partial charge is 0.480 e.